The van der Waals surface area contributed by atoms with E-state index in [-0.39, 0.29) is 0 Å². The van der Waals surface area contributed by atoms with Gasteiger partial charge in [-0.25, -0.2) is 13.6 Å². The zero-order valence-electron chi connectivity index (χ0n) is 14.7. The van der Waals surface area contributed by atoms with Crippen LogP contribution in [0.4, 0.5) is 20.2 Å². The van der Waals surface area contributed by atoms with Gasteiger partial charge in [-0.2, -0.15) is 0 Å². The molecular formula is C21H19F2N3O. The number of aromatic nitrogens is 2. The van der Waals surface area contributed by atoms with E-state index in [1.807, 2.05) is 30.3 Å². The molecule has 1 aliphatic carbocycles. The summed E-state index contributed by atoms with van der Waals surface area (Å²) in [7, 11) is 0. The lowest BCUT2D eigenvalue weighted by atomic mass is 9.97. The first-order valence-electron chi connectivity index (χ1n) is 8.74. The summed E-state index contributed by atoms with van der Waals surface area (Å²) in [5, 5.41) is 3.24. The fourth-order valence-corrected chi connectivity index (χ4v) is 3.48. The topological polar surface area (TPSA) is 49.8 Å². The number of imidazole rings is 1. The van der Waals surface area contributed by atoms with Crippen molar-refractivity contribution in [1.82, 2.24) is 9.55 Å². The van der Waals surface area contributed by atoms with Gasteiger partial charge in [0.05, 0.1) is 11.0 Å². The molecule has 0 spiro atoms. The summed E-state index contributed by atoms with van der Waals surface area (Å²) >= 11 is 0. The van der Waals surface area contributed by atoms with Crippen molar-refractivity contribution in [1.29, 1.82) is 0 Å². The molecule has 0 saturated heterocycles. The van der Waals surface area contributed by atoms with E-state index in [9.17, 15) is 9.18 Å². The van der Waals surface area contributed by atoms with Crippen LogP contribution in [-0.2, 0) is 0 Å². The number of hydrogen-bond acceptors (Lipinski definition) is 2. The van der Waals surface area contributed by atoms with Gasteiger partial charge in [-0.1, -0.05) is 24.3 Å². The monoisotopic (exact) mass is 367 g/mol. The Balaban J connectivity index is 1.80. The van der Waals surface area contributed by atoms with E-state index in [4.69, 9.17) is 0 Å². The number of allylic oxidation sites excluding steroid dienone is 4. The molecule has 4 rings (SSSR count). The Hall–Kier alpha value is -3.15. The smallest absolute Gasteiger partial charge is 0.327 e. The van der Waals surface area contributed by atoms with Gasteiger partial charge >= 0.3 is 5.69 Å². The number of rotatable bonds is 3. The number of benzene rings is 2. The Labute approximate surface area is 154 Å². The fourth-order valence-electron chi connectivity index (χ4n) is 3.48. The van der Waals surface area contributed by atoms with Crippen molar-refractivity contribution in [2.75, 3.05) is 5.32 Å². The van der Waals surface area contributed by atoms with Crippen LogP contribution in [0.5, 0.6) is 0 Å². The summed E-state index contributed by atoms with van der Waals surface area (Å²) in [6.07, 6.45) is 4.49. The first-order chi connectivity index (χ1) is 13.0. The second kappa shape index (κ2) is 6.54. The Morgan fingerprint density at radius 1 is 1.19 bits per heavy atom. The van der Waals surface area contributed by atoms with Crippen LogP contribution in [0, 0.1) is 0 Å². The van der Waals surface area contributed by atoms with Crippen molar-refractivity contribution in [3.8, 4) is 0 Å². The lowest BCUT2D eigenvalue weighted by Crippen LogP contribution is -2.35. The first kappa shape index (κ1) is 17.3. The van der Waals surface area contributed by atoms with Crippen LogP contribution in [0.2, 0.25) is 0 Å². The van der Waals surface area contributed by atoms with Crippen LogP contribution >= 0.6 is 0 Å². The van der Waals surface area contributed by atoms with Gasteiger partial charge in [-0.05, 0) is 55.8 Å². The zero-order valence-corrected chi connectivity index (χ0v) is 14.7. The van der Waals surface area contributed by atoms with Gasteiger partial charge in [0.25, 0.3) is 0 Å². The third-order valence-electron chi connectivity index (χ3n) is 4.73. The van der Waals surface area contributed by atoms with E-state index in [2.05, 4.69) is 10.3 Å². The second-order valence-electron chi connectivity index (χ2n) is 6.80. The van der Waals surface area contributed by atoms with Gasteiger partial charge in [0, 0.05) is 11.4 Å². The SMILES string of the molecule is CC1(F)C=CCC=C(F)C1n1c(=O)[nH]c2cc(Nc3ccccc3)ccc21. The third kappa shape index (κ3) is 3.18. The van der Waals surface area contributed by atoms with Crippen LogP contribution in [0.1, 0.15) is 19.4 Å². The molecule has 0 saturated carbocycles. The third-order valence-corrected chi connectivity index (χ3v) is 4.73. The number of nitrogens with zero attached hydrogens (tertiary/aromatic N) is 1. The quantitative estimate of drug-likeness (QED) is 0.629. The molecule has 0 radical (unpaired) electrons. The molecule has 0 amide bonds. The highest BCUT2D eigenvalue weighted by Gasteiger charge is 2.39. The summed E-state index contributed by atoms with van der Waals surface area (Å²) in [6, 6.07) is 13.5. The predicted octanol–water partition coefficient (Wildman–Crippen LogP) is 5.16. The molecule has 1 aromatic heterocycles. The summed E-state index contributed by atoms with van der Waals surface area (Å²) < 4.78 is 30.9. The molecule has 6 heteroatoms. The highest BCUT2D eigenvalue weighted by Crippen LogP contribution is 2.38. The second-order valence-corrected chi connectivity index (χ2v) is 6.80. The minimum atomic E-state index is -2.02. The first-order valence-corrected chi connectivity index (χ1v) is 8.74. The number of halogens is 2. The number of nitrogens with one attached hydrogen (secondary N) is 2. The van der Waals surface area contributed by atoms with Crippen LogP contribution in [0.25, 0.3) is 11.0 Å². The molecule has 138 valence electrons. The number of para-hydroxylation sites is 1. The minimum Gasteiger partial charge on any atom is -0.355 e. The van der Waals surface area contributed by atoms with Crippen molar-refractivity contribution in [3.63, 3.8) is 0 Å². The Bertz CT molecular complexity index is 1090. The molecule has 1 aliphatic rings. The van der Waals surface area contributed by atoms with E-state index in [0.717, 1.165) is 15.9 Å². The molecule has 2 N–H and O–H groups in total. The summed E-state index contributed by atoms with van der Waals surface area (Å²) in [4.78, 5) is 15.3. The number of H-pyrrole nitrogens is 1. The number of alkyl halides is 1. The normalized spacial score (nSPS) is 22.5. The number of fused-ring (bicyclic) bond motifs is 1. The molecule has 2 unspecified atom stereocenters. The van der Waals surface area contributed by atoms with Gasteiger partial charge < -0.3 is 10.3 Å². The van der Waals surface area contributed by atoms with Gasteiger partial charge in [0.15, 0.2) is 5.67 Å². The van der Waals surface area contributed by atoms with Crippen LogP contribution < -0.4 is 11.0 Å². The molecule has 2 atom stereocenters. The largest absolute Gasteiger partial charge is 0.355 e. The highest BCUT2D eigenvalue weighted by molar-refractivity contribution is 5.81. The maximum atomic E-state index is 15.1. The summed E-state index contributed by atoms with van der Waals surface area (Å²) in [5.74, 6) is -0.653. The number of aromatic amines is 1. The van der Waals surface area contributed by atoms with Crippen LogP contribution in [0.3, 0.4) is 0 Å². The van der Waals surface area contributed by atoms with Gasteiger partial charge in [0.1, 0.15) is 11.9 Å². The predicted molar refractivity (Wildman–Crippen MR) is 104 cm³/mol. The number of hydrogen-bond donors (Lipinski definition) is 2. The van der Waals surface area contributed by atoms with E-state index >= 15 is 4.39 Å². The summed E-state index contributed by atoms with van der Waals surface area (Å²) in [6.45, 7) is 1.28. The zero-order chi connectivity index (χ0) is 19.0. The van der Waals surface area contributed by atoms with E-state index < -0.39 is 23.2 Å². The Morgan fingerprint density at radius 2 is 1.96 bits per heavy atom. The van der Waals surface area contributed by atoms with Gasteiger partial charge in [-0.15, -0.1) is 0 Å². The minimum absolute atomic E-state index is 0.296. The molecule has 27 heavy (non-hydrogen) atoms. The fraction of sp³-hybridized carbons (Fsp3) is 0.190. The van der Waals surface area contributed by atoms with Gasteiger partial charge in [-0.3, -0.25) is 4.57 Å². The lowest BCUT2D eigenvalue weighted by Gasteiger charge is -2.27. The van der Waals surface area contributed by atoms with Crippen molar-refractivity contribution in [2.45, 2.75) is 25.1 Å². The highest BCUT2D eigenvalue weighted by atomic mass is 19.2. The van der Waals surface area contributed by atoms with Crippen LogP contribution in [-0.4, -0.2) is 15.2 Å². The van der Waals surface area contributed by atoms with Crippen molar-refractivity contribution in [3.05, 3.63) is 83.1 Å². The maximum absolute atomic E-state index is 15.1. The standard InChI is InChI=1S/C21H19F2N3O/c1-21(23)12-6-5-9-16(22)19(21)26-18-11-10-15(13-17(18)25-20(26)27)24-14-7-3-2-4-8-14/h2-4,6-13,19,24H,5H2,1H3,(H,25,27). The van der Waals surface area contributed by atoms with Crippen LogP contribution in [0.15, 0.2) is 77.4 Å². The van der Waals surface area contributed by atoms with Crippen molar-refractivity contribution < 1.29 is 8.78 Å². The maximum Gasteiger partial charge on any atom is 0.327 e. The van der Waals surface area contributed by atoms with Crippen molar-refractivity contribution >= 4 is 22.4 Å². The Morgan fingerprint density at radius 3 is 2.74 bits per heavy atom. The molecule has 0 bridgehead atoms. The molecule has 1 heterocycles. The van der Waals surface area contributed by atoms with Gasteiger partial charge in [0.2, 0.25) is 0 Å². The molecule has 0 aliphatic heterocycles. The van der Waals surface area contributed by atoms with Crippen molar-refractivity contribution in [2.24, 2.45) is 0 Å². The van der Waals surface area contributed by atoms with E-state index in [1.165, 1.54) is 19.1 Å². The van der Waals surface area contributed by atoms with E-state index in [1.54, 1.807) is 24.3 Å². The molecule has 2 aromatic carbocycles. The summed E-state index contributed by atoms with van der Waals surface area (Å²) in [5.41, 5.74) is 0.0650. The Kier molecular flexibility index (Phi) is 4.18. The lowest BCUT2D eigenvalue weighted by molar-refractivity contribution is 0.169. The average Bonchev–Trinajstić information content (AvgIpc) is 2.87. The molecule has 4 nitrogen and oxygen atoms in total. The van der Waals surface area contributed by atoms with E-state index in [0.29, 0.717) is 17.5 Å². The molecule has 3 aromatic rings. The molecule has 0 fully saturated rings. The molecular weight excluding hydrogens is 348 g/mol. The average molecular weight is 367 g/mol. The number of anilines is 2.